The van der Waals surface area contributed by atoms with Crippen molar-refractivity contribution in [3.8, 4) is 0 Å². The van der Waals surface area contributed by atoms with Gasteiger partial charge < -0.3 is 9.84 Å². The van der Waals surface area contributed by atoms with Gasteiger partial charge in [0.1, 0.15) is 5.60 Å². The van der Waals surface area contributed by atoms with Crippen molar-refractivity contribution in [1.82, 2.24) is 0 Å². The van der Waals surface area contributed by atoms with Crippen LogP contribution in [0.1, 0.15) is 85.5 Å². The zero-order valence-electron chi connectivity index (χ0n) is 15.3. The van der Waals surface area contributed by atoms with Gasteiger partial charge in [-0.3, -0.25) is 9.59 Å². The minimum Gasteiger partial charge on any atom is -0.481 e. The Balaban J connectivity index is 2.63. The normalized spacial score (nSPS) is 23.3. The van der Waals surface area contributed by atoms with Gasteiger partial charge in [0.2, 0.25) is 0 Å². The molecule has 0 bridgehead atoms. The number of ether oxygens (including phenoxy) is 1. The van der Waals surface area contributed by atoms with Crippen molar-refractivity contribution >= 4 is 11.9 Å². The summed E-state index contributed by atoms with van der Waals surface area (Å²) in [7, 11) is 0. The number of esters is 1. The Morgan fingerprint density at radius 2 is 1.78 bits per heavy atom. The molecule has 4 nitrogen and oxygen atoms in total. The fraction of sp³-hybridized carbons (Fsp3) is 0.895. The molecule has 1 aliphatic rings. The van der Waals surface area contributed by atoms with Crippen LogP contribution in [0.4, 0.5) is 0 Å². The Labute approximate surface area is 141 Å². The van der Waals surface area contributed by atoms with Crippen molar-refractivity contribution in [1.29, 1.82) is 0 Å². The Bertz CT molecular complexity index is 389. The predicted octanol–water partition coefficient (Wildman–Crippen LogP) is 4.81. The number of unbranched alkanes of at least 4 members (excludes halogenated alkanes) is 1. The Hall–Kier alpha value is -1.06. The summed E-state index contributed by atoms with van der Waals surface area (Å²) in [6.45, 7) is 8.28. The quantitative estimate of drug-likeness (QED) is 0.618. The highest BCUT2D eigenvalue weighted by Crippen LogP contribution is 2.34. The Kier molecular flexibility index (Phi) is 8.07. The molecule has 4 heteroatoms. The maximum absolute atomic E-state index is 12.5. The lowest BCUT2D eigenvalue weighted by atomic mass is 9.79. The van der Waals surface area contributed by atoms with Crippen molar-refractivity contribution in [3.63, 3.8) is 0 Å². The molecule has 23 heavy (non-hydrogen) atoms. The molecule has 1 rings (SSSR count). The molecule has 1 saturated carbocycles. The van der Waals surface area contributed by atoms with E-state index in [0.29, 0.717) is 18.8 Å². The van der Waals surface area contributed by atoms with Crippen molar-refractivity contribution in [2.24, 2.45) is 17.8 Å². The smallest absolute Gasteiger partial charge is 0.310 e. The van der Waals surface area contributed by atoms with Crippen LogP contribution in [0.25, 0.3) is 0 Å². The Morgan fingerprint density at radius 3 is 2.30 bits per heavy atom. The number of carboxylic acids is 1. The van der Waals surface area contributed by atoms with Gasteiger partial charge in [0.05, 0.1) is 11.8 Å². The van der Waals surface area contributed by atoms with Crippen molar-refractivity contribution in [2.45, 2.75) is 91.1 Å². The number of carboxylic acid groups (broad SMARTS) is 1. The summed E-state index contributed by atoms with van der Waals surface area (Å²) < 4.78 is 5.77. The first kappa shape index (κ1) is 20.0. The van der Waals surface area contributed by atoms with E-state index in [2.05, 4.69) is 13.8 Å². The molecule has 0 aliphatic heterocycles. The second-order valence-electron chi connectivity index (χ2n) is 7.64. The van der Waals surface area contributed by atoms with E-state index in [9.17, 15) is 14.7 Å². The standard InChI is InChI=1S/C19H34O4/c1-5-7-10-14(6-2)13-19(3,4)23-18(22)16-12-9-8-11-15(16)17(20)21/h14-16H,5-13H2,1-4H3,(H,20,21). The van der Waals surface area contributed by atoms with Crippen molar-refractivity contribution in [2.75, 3.05) is 0 Å². The lowest BCUT2D eigenvalue weighted by molar-refractivity contribution is -0.171. The summed E-state index contributed by atoms with van der Waals surface area (Å²) in [6, 6.07) is 0. The molecular formula is C19H34O4. The first-order valence-corrected chi connectivity index (χ1v) is 9.26. The van der Waals surface area contributed by atoms with Gasteiger partial charge in [-0.25, -0.2) is 0 Å². The van der Waals surface area contributed by atoms with Crippen LogP contribution < -0.4 is 0 Å². The van der Waals surface area contributed by atoms with Gasteiger partial charge >= 0.3 is 11.9 Å². The van der Waals surface area contributed by atoms with E-state index >= 15 is 0 Å². The van der Waals surface area contributed by atoms with E-state index in [0.717, 1.165) is 32.1 Å². The second-order valence-corrected chi connectivity index (χ2v) is 7.64. The average molecular weight is 326 g/mol. The fourth-order valence-electron chi connectivity index (χ4n) is 3.74. The molecule has 0 spiro atoms. The highest BCUT2D eigenvalue weighted by atomic mass is 16.6. The van der Waals surface area contributed by atoms with Gasteiger partial charge in [-0.1, -0.05) is 52.4 Å². The number of hydrogen-bond donors (Lipinski definition) is 1. The first-order valence-electron chi connectivity index (χ1n) is 9.26. The van der Waals surface area contributed by atoms with Gasteiger partial charge in [0.25, 0.3) is 0 Å². The van der Waals surface area contributed by atoms with Crippen LogP contribution in [-0.4, -0.2) is 22.6 Å². The third-order valence-corrected chi connectivity index (χ3v) is 5.09. The third-order valence-electron chi connectivity index (χ3n) is 5.09. The highest BCUT2D eigenvalue weighted by Gasteiger charge is 2.39. The van der Waals surface area contributed by atoms with Crippen LogP contribution in [0.2, 0.25) is 0 Å². The molecular weight excluding hydrogens is 292 g/mol. The summed E-state index contributed by atoms with van der Waals surface area (Å²) in [6.07, 6.45) is 8.50. The molecule has 1 aliphatic carbocycles. The summed E-state index contributed by atoms with van der Waals surface area (Å²) in [4.78, 5) is 23.9. The van der Waals surface area contributed by atoms with E-state index in [4.69, 9.17) is 4.74 Å². The van der Waals surface area contributed by atoms with Gasteiger partial charge in [0.15, 0.2) is 0 Å². The molecule has 3 unspecified atom stereocenters. The number of rotatable bonds is 9. The number of aliphatic carboxylic acids is 1. The zero-order valence-corrected chi connectivity index (χ0v) is 15.3. The molecule has 0 aromatic heterocycles. The fourth-order valence-corrected chi connectivity index (χ4v) is 3.74. The minimum absolute atomic E-state index is 0.313. The van der Waals surface area contributed by atoms with E-state index in [1.807, 2.05) is 13.8 Å². The van der Waals surface area contributed by atoms with Crippen LogP contribution in [0.5, 0.6) is 0 Å². The summed E-state index contributed by atoms with van der Waals surface area (Å²) in [5.41, 5.74) is -0.522. The van der Waals surface area contributed by atoms with Crippen LogP contribution >= 0.6 is 0 Å². The topological polar surface area (TPSA) is 63.6 Å². The molecule has 0 heterocycles. The monoisotopic (exact) mass is 326 g/mol. The van der Waals surface area contributed by atoms with E-state index < -0.39 is 23.4 Å². The second kappa shape index (κ2) is 9.29. The molecule has 0 saturated heterocycles. The first-order chi connectivity index (χ1) is 10.8. The predicted molar refractivity (Wildman–Crippen MR) is 91.2 cm³/mol. The van der Waals surface area contributed by atoms with Crippen LogP contribution in [0, 0.1) is 17.8 Å². The van der Waals surface area contributed by atoms with E-state index in [1.54, 1.807) is 0 Å². The van der Waals surface area contributed by atoms with Crippen LogP contribution in [0.15, 0.2) is 0 Å². The van der Waals surface area contributed by atoms with Crippen LogP contribution in [0.3, 0.4) is 0 Å². The third kappa shape index (κ3) is 6.52. The summed E-state index contributed by atoms with van der Waals surface area (Å²) >= 11 is 0. The largest absolute Gasteiger partial charge is 0.481 e. The van der Waals surface area contributed by atoms with Crippen molar-refractivity contribution < 1.29 is 19.4 Å². The molecule has 3 atom stereocenters. The lowest BCUT2D eigenvalue weighted by Crippen LogP contribution is -2.39. The summed E-state index contributed by atoms with van der Waals surface area (Å²) in [5, 5.41) is 9.33. The van der Waals surface area contributed by atoms with Gasteiger partial charge in [-0.15, -0.1) is 0 Å². The molecule has 0 radical (unpaired) electrons. The maximum atomic E-state index is 12.5. The molecule has 1 fully saturated rings. The number of hydrogen-bond acceptors (Lipinski definition) is 3. The maximum Gasteiger partial charge on any atom is 0.310 e. The summed E-state index contributed by atoms with van der Waals surface area (Å²) in [5.74, 6) is -1.67. The molecule has 1 N–H and O–H groups in total. The molecule has 0 amide bonds. The Morgan fingerprint density at radius 1 is 1.17 bits per heavy atom. The molecule has 0 aromatic rings. The van der Waals surface area contributed by atoms with Crippen LogP contribution in [-0.2, 0) is 14.3 Å². The molecule has 0 aromatic carbocycles. The molecule has 134 valence electrons. The van der Waals surface area contributed by atoms with Gasteiger partial charge in [0, 0.05) is 0 Å². The van der Waals surface area contributed by atoms with E-state index in [-0.39, 0.29) is 5.97 Å². The average Bonchev–Trinajstić information content (AvgIpc) is 2.50. The number of carbonyl (C=O) groups is 2. The van der Waals surface area contributed by atoms with Gasteiger partial charge in [-0.2, -0.15) is 0 Å². The highest BCUT2D eigenvalue weighted by molar-refractivity contribution is 5.81. The van der Waals surface area contributed by atoms with Crippen molar-refractivity contribution in [3.05, 3.63) is 0 Å². The zero-order chi connectivity index (χ0) is 17.5. The minimum atomic E-state index is -0.862. The van der Waals surface area contributed by atoms with Gasteiger partial charge in [-0.05, 0) is 39.0 Å². The van der Waals surface area contributed by atoms with E-state index in [1.165, 1.54) is 12.8 Å². The lowest BCUT2D eigenvalue weighted by Gasteiger charge is -2.33. The SMILES string of the molecule is CCCCC(CC)CC(C)(C)OC(=O)C1CCCCC1C(=O)O. The number of carbonyl (C=O) groups excluding carboxylic acids is 1.